The Balaban J connectivity index is 1.31. The molecule has 0 spiro atoms. The molecule has 2 N–H and O–H groups in total. The van der Waals surface area contributed by atoms with E-state index >= 15 is 0 Å². The zero-order valence-corrected chi connectivity index (χ0v) is 20.9. The summed E-state index contributed by atoms with van der Waals surface area (Å²) in [6.45, 7) is 8.53. The molecule has 4 heterocycles. The van der Waals surface area contributed by atoms with E-state index in [1.165, 1.54) is 32.1 Å². The first-order chi connectivity index (χ1) is 16.5. The van der Waals surface area contributed by atoms with Crippen molar-refractivity contribution < 1.29 is 9.47 Å². The number of nitrogens with zero attached hydrogens (tertiary/aromatic N) is 4. The minimum absolute atomic E-state index is 0.271. The average Bonchev–Trinajstić information content (AvgIpc) is 3.31. The first kappa shape index (κ1) is 23.0. The summed E-state index contributed by atoms with van der Waals surface area (Å²) in [6.07, 6.45) is 6.13. The summed E-state index contributed by atoms with van der Waals surface area (Å²) >= 11 is 5.59. The molecule has 0 amide bonds. The highest BCUT2D eigenvalue weighted by atomic mass is 32.1. The second-order valence-corrected chi connectivity index (χ2v) is 10.0. The lowest BCUT2D eigenvalue weighted by atomic mass is 10.0. The molecule has 3 aliphatic heterocycles. The van der Waals surface area contributed by atoms with Crippen molar-refractivity contribution in [3.63, 3.8) is 0 Å². The normalized spacial score (nSPS) is 21.9. The zero-order chi connectivity index (χ0) is 23.5. The third-order valence-electron chi connectivity index (χ3n) is 6.89. The van der Waals surface area contributed by atoms with Gasteiger partial charge in [0.25, 0.3) is 0 Å². The van der Waals surface area contributed by atoms with Crippen LogP contribution in [0, 0.1) is 5.92 Å². The van der Waals surface area contributed by atoms with Crippen LogP contribution in [-0.2, 0) is 6.54 Å². The van der Waals surface area contributed by atoms with Crippen molar-refractivity contribution >= 4 is 34.9 Å². The molecule has 9 heteroatoms. The topological polar surface area (TPSA) is 74.8 Å². The van der Waals surface area contributed by atoms with Gasteiger partial charge in [0, 0.05) is 38.3 Å². The van der Waals surface area contributed by atoms with Gasteiger partial charge in [-0.2, -0.15) is 9.97 Å². The van der Waals surface area contributed by atoms with Crippen molar-refractivity contribution in [3.8, 4) is 11.5 Å². The summed E-state index contributed by atoms with van der Waals surface area (Å²) < 4.78 is 10.9. The molecule has 1 aromatic heterocycles. The van der Waals surface area contributed by atoms with Gasteiger partial charge in [-0.05, 0) is 74.9 Å². The molecule has 0 aliphatic carbocycles. The van der Waals surface area contributed by atoms with E-state index in [0.717, 1.165) is 48.3 Å². The lowest BCUT2D eigenvalue weighted by Gasteiger charge is -2.36. The van der Waals surface area contributed by atoms with E-state index in [9.17, 15) is 0 Å². The Labute approximate surface area is 207 Å². The largest absolute Gasteiger partial charge is 0.454 e. The van der Waals surface area contributed by atoms with Gasteiger partial charge >= 0.3 is 0 Å². The fourth-order valence-corrected chi connectivity index (χ4v) is 5.17. The van der Waals surface area contributed by atoms with Crippen LogP contribution in [0.4, 0.5) is 17.6 Å². The highest BCUT2D eigenvalue weighted by molar-refractivity contribution is 7.80. The Morgan fingerprint density at radius 2 is 1.88 bits per heavy atom. The summed E-state index contributed by atoms with van der Waals surface area (Å²) in [5.41, 5.74) is 1.06. The van der Waals surface area contributed by atoms with Crippen LogP contribution in [0.3, 0.4) is 0 Å². The predicted octanol–water partition coefficient (Wildman–Crippen LogP) is 4.31. The number of fused-ring (bicyclic) bond motifs is 1. The highest BCUT2D eigenvalue weighted by Gasteiger charge is 2.24. The Bertz CT molecular complexity index is 1030. The van der Waals surface area contributed by atoms with Crippen molar-refractivity contribution in [2.75, 3.05) is 41.5 Å². The minimum atomic E-state index is 0.271. The lowest BCUT2D eigenvalue weighted by Crippen LogP contribution is -2.39. The Kier molecular flexibility index (Phi) is 6.89. The zero-order valence-electron chi connectivity index (χ0n) is 20.0. The van der Waals surface area contributed by atoms with Gasteiger partial charge in [-0.3, -0.25) is 0 Å². The van der Waals surface area contributed by atoms with E-state index in [1.807, 2.05) is 18.2 Å². The molecule has 2 saturated heterocycles. The fraction of sp³-hybridized carbons (Fsp3) is 0.560. The van der Waals surface area contributed by atoms with Gasteiger partial charge in [-0.15, -0.1) is 0 Å². The molecule has 5 rings (SSSR count). The Hall–Kier alpha value is -2.81. The van der Waals surface area contributed by atoms with Crippen molar-refractivity contribution in [1.29, 1.82) is 0 Å². The van der Waals surface area contributed by atoms with Gasteiger partial charge in [-0.25, -0.2) is 0 Å². The number of hydrogen-bond acceptors (Lipinski definition) is 7. The van der Waals surface area contributed by atoms with Crippen molar-refractivity contribution in [3.05, 3.63) is 29.8 Å². The van der Waals surface area contributed by atoms with Crippen molar-refractivity contribution in [2.45, 2.75) is 58.5 Å². The summed E-state index contributed by atoms with van der Waals surface area (Å²) in [5.74, 6) is 4.73. The SMILES string of the molecule is C[C@H]1CCCN(c2cc(N3CCCC[C@H]3C)nc(NC(=S)NCc3ccc4c(c3)OCO4)n2)C1. The molecule has 0 saturated carbocycles. The lowest BCUT2D eigenvalue weighted by molar-refractivity contribution is 0.174. The van der Waals surface area contributed by atoms with Crippen LogP contribution in [0.2, 0.25) is 0 Å². The van der Waals surface area contributed by atoms with E-state index < -0.39 is 0 Å². The van der Waals surface area contributed by atoms with Gasteiger partial charge in [0.05, 0.1) is 0 Å². The molecule has 2 atom stereocenters. The quantitative estimate of drug-likeness (QED) is 0.607. The summed E-state index contributed by atoms with van der Waals surface area (Å²) in [5, 5.41) is 7.01. The van der Waals surface area contributed by atoms with E-state index in [0.29, 0.717) is 29.6 Å². The highest BCUT2D eigenvalue weighted by Crippen LogP contribution is 2.32. The molecule has 3 aliphatic rings. The number of piperidine rings is 2. The van der Waals surface area contributed by atoms with Crippen molar-refractivity contribution in [2.24, 2.45) is 5.92 Å². The Morgan fingerprint density at radius 1 is 1.03 bits per heavy atom. The van der Waals surface area contributed by atoms with Gasteiger partial charge in [0.1, 0.15) is 11.6 Å². The van der Waals surface area contributed by atoms with Crippen LogP contribution in [0.25, 0.3) is 0 Å². The number of nitrogens with one attached hydrogen (secondary N) is 2. The van der Waals surface area contributed by atoms with E-state index in [-0.39, 0.29) is 6.79 Å². The molecule has 2 aromatic rings. The third kappa shape index (κ3) is 5.29. The van der Waals surface area contributed by atoms with Gasteiger partial charge in [-0.1, -0.05) is 13.0 Å². The average molecular weight is 483 g/mol. The smallest absolute Gasteiger partial charge is 0.232 e. The second kappa shape index (κ2) is 10.2. The monoisotopic (exact) mass is 482 g/mol. The van der Waals surface area contributed by atoms with Crippen LogP contribution >= 0.6 is 12.2 Å². The van der Waals surface area contributed by atoms with Crippen LogP contribution in [0.15, 0.2) is 24.3 Å². The first-order valence-electron chi connectivity index (χ1n) is 12.4. The third-order valence-corrected chi connectivity index (χ3v) is 7.14. The molecule has 1 aromatic carbocycles. The molecule has 0 bridgehead atoms. The van der Waals surface area contributed by atoms with E-state index in [4.69, 9.17) is 31.7 Å². The van der Waals surface area contributed by atoms with Crippen LogP contribution in [0.5, 0.6) is 11.5 Å². The molecule has 2 fully saturated rings. The van der Waals surface area contributed by atoms with Crippen LogP contribution in [0.1, 0.15) is 51.5 Å². The number of anilines is 3. The van der Waals surface area contributed by atoms with E-state index in [2.05, 4.69) is 40.3 Å². The number of rotatable bonds is 5. The fourth-order valence-electron chi connectivity index (χ4n) is 5.00. The van der Waals surface area contributed by atoms with Crippen LogP contribution in [-0.4, -0.2) is 47.5 Å². The summed E-state index contributed by atoms with van der Waals surface area (Å²) in [4.78, 5) is 14.5. The van der Waals surface area contributed by atoms with Gasteiger partial charge in [0.15, 0.2) is 16.6 Å². The standard InChI is InChI=1S/C25H34N6O2S/c1-17-6-5-10-30(15-17)22-13-23(31-11-4-3-7-18(31)2)28-24(27-22)29-25(34)26-14-19-8-9-20-21(12-19)33-16-32-20/h8-9,12-13,17-18H,3-7,10-11,14-16H2,1-2H3,(H2,26,27,28,29,34)/t17-,18+/m0/s1. The molecule has 0 unspecified atom stereocenters. The number of hydrogen-bond donors (Lipinski definition) is 2. The van der Waals surface area contributed by atoms with Gasteiger partial charge < -0.3 is 29.9 Å². The predicted molar refractivity (Wildman–Crippen MR) is 139 cm³/mol. The summed E-state index contributed by atoms with van der Waals surface area (Å²) in [6, 6.07) is 8.54. The summed E-state index contributed by atoms with van der Waals surface area (Å²) in [7, 11) is 0. The maximum atomic E-state index is 5.59. The molecule has 0 radical (unpaired) electrons. The van der Waals surface area contributed by atoms with Crippen LogP contribution < -0.4 is 29.9 Å². The molecular formula is C25H34N6O2S. The first-order valence-corrected chi connectivity index (χ1v) is 12.8. The number of aromatic nitrogens is 2. The number of benzene rings is 1. The Morgan fingerprint density at radius 3 is 2.74 bits per heavy atom. The molecular weight excluding hydrogens is 448 g/mol. The number of thiocarbonyl (C=S) groups is 1. The second-order valence-electron chi connectivity index (χ2n) is 9.63. The van der Waals surface area contributed by atoms with E-state index in [1.54, 1.807) is 0 Å². The molecule has 34 heavy (non-hydrogen) atoms. The molecule has 182 valence electrons. The molecule has 8 nitrogen and oxygen atoms in total. The maximum Gasteiger partial charge on any atom is 0.232 e. The maximum absolute atomic E-state index is 5.59. The minimum Gasteiger partial charge on any atom is -0.454 e. The van der Waals surface area contributed by atoms with Crippen molar-refractivity contribution in [1.82, 2.24) is 15.3 Å². The van der Waals surface area contributed by atoms with Gasteiger partial charge in [0.2, 0.25) is 12.7 Å². The number of ether oxygens (including phenoxy) is 2.